The first-order valence-electron chi connectivity index (χ1n) is 8.48. The Kier molecular flexibility index (Phi) is 5.66. The lowest BCUT2D eigenvalue weighted by atomic mass is 10.0. The van der Waals surface area contributed by atoms with Crippen molar-refractivity contribution in [2.24, 2.45) is 0 Å². The number of carbonyl (C=O) groups is 1. The monoisotopic (exact) mass is 345 g/mol. The number of hydrogen-bond donors (Lipinski definition) is 2. The normalized spacial score (nSPS) is 18.1. The van der Waals surface area contributed by atoms with E-state index in [0.717, 1.165) is 37.4 Å². The van der Waals surface area contributed by atoms with Gasteiger partial charge in [-0.25, -0.2) is 0 Å². The first-order valence-corrected chi connectivity index (χ1v) is 9.36. The number of amides is 1. The Balaban J connectivity index is 1.75. The van der Waals surface area contributed by atoms with Gasteiger partial charge >= 0.3 is 0 Å². The fraction of sp³-hybridized carbons (Fsp3) is 0.421. The van der Waals surface area contributed by atoms with Crippen LogP contribution in [0.1, 0.15) is 33.8 Å². The van der Waals surface area contributed by atoms with Crippen molar-refractivity contribution in [3.63, 3.8) is 0 Å². The van der Waals surface area contributed by atoms with Gasteiger partial charge in [-0.3, -0.25) is 4.79 Å². The van der Waals surface area contributed by atoms with Gasteiger partial charge in [0.15, 0.2) is 0 Å². The average molecular weight is 345 g/mol. The molecule has 2 atom stereocenters. The quantitative estimate of drug-likeness (QED) is 0.868. The third kappa shape index (κ3) is 4.04. The van der Waals surface area contributed by atoms with Crippen molar-refractivity contribution in [2.45, 2.75) is 25.9 Å². The molecule has 2 aromatic rings. The van der Waals surface area contributed by atoms with Crippen LogP contribution in [0, 0.1) is 6.92 Å². The van der Waals surface area contributed by atoms with Crippen LogP contribution in [0.4, 0.5) is 0 Å². The number of rotatable bonds is 5. The fourth-order valence-electron chi connectivity index (χ4n) is 3.37. The molecule has 1 aromatic carbocycles. The van der Waals surface area contributed by atoms with Crippen LogP contribution in [-0.2, 0) is 4.74 Å². The molecule has 0 radical (unpaired) electrons. The standard InChI is InChI=1S/C19H24N2O2S/c1-14-5-3-6-16(13-14)19(22)20-15(2)18(17-7-4-12-24-17)21-8-10-23-11-9-21/h3-7,12-13,15,18H,8-11H2,1-2H3,(H,20,22)/p+1/t15-,18-/m0/s1. The first-order chi connectivity index (χ1) is 11.6. The van der Waals surface area contributed by atoms with E-state index in [1.807, 2.05) is 31.2 Å². The summed E-state index contributed by atoms with van der Waals surface area (Å²) < 4.78 is 5.51. The predicted molar refractivity (Wildman–Crippen MR) is 96.7 cm³/mol. The van der Waals surface area contributed by atoms with Gasteiger partial charge in [-0.15, -0.1) is 11.3 Å². The molecule has 1 aromatic heterocycles. The molecule has 1 amide bonds. The molecule has 2 heterocycles. The van der Waals surface area contributed by atoms with E-state index in [0.29, 0.717) is 0 Å². The molecule has 1 aliphatic heterocycles. The Morgan fingerprint density at radius 2 is 2.04 bits per heavy atom. The summed E-state index contributed by atoms with van der Waals surface area (Å²) >= 11 is 1.77. The number of thiophene rings is 1. The molecule has 1 aliphatic rings. The van der Waals surface area contributed by atoms with Crippen LogP contribution in [0.2, 0.25) is 0 Å². The highest BCUT2D eigenvalue weighted by atomic mass is 32.1. The summed E-state index contributed by atoms with van der Waals surface area (Å²) in [6, 6.07) is 12.3. The lowest BCUT2D eigenvalue weighted by molar-refractivity contribution is -0.939. The number of carbonyl (C=O) groups excluding carboxylic acids is 1. The van der Waals surface area contributed by atoms with Crippen LogP contribution in [0.5, 0.6) is 0 Å². The highest BCUT2D eigenvalue weighted by Crippen LogP contribution is 2.20. The minimum atomic E-state index is 0.000385. The number of hydrogen-bond acceptors (Lipinski definition) is 3. The highest BCUT2D eigenvalue weighted by Gasteiger charge is 2.33. The van der Waals surface area contributed by atoms with E-state index in [4.69, 9.17) is 4.74 Å². The second-order valence-corrected chi connectivity index (χ2v) is 7.37. The molecule has 1 saturated heterocycles. The second kappa shape index (κ2) is 7.92. The molecule has 2 N–H and O–H groups in total. The number of aryl methyl sites for hydroxylation is 1. The third-order valence-corrected chi connectivity index (χ3v) is 5.52. The van der Waals surface area contributed by atoms with Gasteiger partial charge in [-0.1, -0.05) is 23.8 Å². The van der Waals surface area contributed by atoms with Crippen LogP contribution in [0.25, 0.3) is 0 Å². The van der Waals surface area contributed by atoms with E-state index in [-0.39, 0.29) is 18.0 Å². The van der Waals surface area contributed by atoms with Gasteiger partial charge in [0.25, 0.3) is 5.91 Å². The zero-order valence-corrected chi connectivity index (χ0v) is 15.1. The third-order valence-electron chi connectivity index (χ3n) is 4.56. The van der Waals surface area contributed by atoms with Gasteiger partial charge in [0.2, 0.25) is 0 Å². The van der Waals surface area contributed by atoms with Gasteiger partial charge in [-0.05, 0) is 37.4 Å². The van der Waals surface area contributed by atoms with Crippen LogP contribution < -0.4 is 10.2 Å². The lowest BCUT2D eigenvalue weighted by Crippen LogP contribution is -3.15. The maximum Gasteiger partial charge on any atom is 0.251 e. The summed E-state index contributed by atoms with van der Waals surface area (Å²) in [6.45, 7) is 7.65. The van der Waals surface area contributed by atoms with E-state index >= 15 is 0 Å². The molecule has 0 bridgehead atoms. The fourth-order valence-corrected chi connectivity index (χ4v) is 4.36. The number of nitrogens with one attached hydrogen (secondary N) is 2. The SMILES string of the molecule is Cc1cccc(C(=O)N[C@@H](C)[C@@H](c2cccs2)[NH+]2CCOCC2)c1. The summed E-state index contributed by atoms with van der Waals surface area (Å²) in [7, 11) is 0. The molecule has 0 unspecified atom stereocenters. The van der Waals surface area contributed by atoms with Crippen molar-refractivity contribution in [1.82, 2.24) is 5.32 Å². The first kappa shape index (κ1) is 17.1. The Labute approximate surface area is 147 Å². The largest absolute Gasteiger partial charge is 0.370 e. The van der Waals surface area contributed by atoms with Crippen LogP contribution in [0.3, 0.4) is 0 Å². The number of ether oxygens (including phenoxy) is 1. The molecule has 3 rings (SSSR count). The molecule has 0 saturated carbocycles. The maximum absolute atomic E-state index is 12.6. The highest BCUT2D eigenvalue weighted by molar-refractivity contribution is 7.10. The Morgan fingerprint density at radius 1 is 1.25 bits per heavy atom. The van der Waals surface area contributed by atoms with Crippen molar-refractivity contribution in [3.05, 3.63) is 57.8 Å². The molecule has 24 heavy (non-hydrogen) atoms. The van der Waals surface area contributed by atoms with Crippen molar-refractivity contribution in [3.8, 4) is 0 Å². The lowest BCUT2D eigenvalue weighted by Gasteiger charge is -2.34. The van der Waals surface area contributed by atoms with Gasteiger partial charge in [0, 0.05) is 5.56 Å². The summed E-state index contributed by atoms with van der Waals surface area (Å²) in [6.07, 6.45) is 0. The van der Waals surface area contributed by atoms with Crippen molar-refractivity contribution < 1.29 is 14.4 Å². The van der Waals surface area contributed by atoms with Gasteiger partial charge < -0.3 is 15.0 Å². The summed E-state index contributed by atoms with van der Waals surface area (Å²) in [5, 5.41) is 5.32. The molecule has 5 heteroatoms. The molecular weight excluding hydrogens is 320 g/mol. The van der Waals surface area contributed by atoms with Gasteiger partial charge in [0.05, 0.1) is 24.1 Å². The molecule has 4 nitrogen and oxygen atoms in total. The molecule has 1 fully saturated rings. The zero-order chi connectivity index (χ0) is 16.9. The topological polar surface area (TPSA) is 42.8 Å². The zero-order valence-electron chi connectivity index (χ0n) is 14.2. The number of benzene rings is 1. The van der Waals surface area contributed by atoms with Crippen molar-refractivity contribution in [1.29, 1.82) is 0 Å². The summed E-state index contributed by atoms with van der Waals surface area (Å²) in [5.74, 6) is 0.000385. The molecule has 128 valence electrons. The summed E-state index contributed by atoms with van der Waals surface area (Å²) in [5.41, 5.74) is 1.83. The predicted octanol–water partition coefficient (Wildman–Crippen LogP) is 1.83. The van der Waals surface area contributed by atoms with Gasteiger partial charge in [-0.2, -0.15) is 0 Å². The molecule has 0 spiro atoms. The smallest absolute Gasteiger partial charge is 0.251 e. The minimum absolute atomic E-state index is 0.000385. The van der Waals surface area contributed by atoms with E-state index in [1.165, 1.54) is 9.78 Å². The second-order valence-electron chi connectivity index (χ2n) is 6.40. The van der Waals surface area contributed by atoms with Crippen LogP contribution in [-0.4, -0.2) is 38.3 Å². The minimum Gasteiger partial charge on any atom is -0.370 e. The average Bonchev–Trinajstić information content (AvgIpc) is 3.10. The summed E-state index contributed by atoms with van der Waals surface area (Å²) in [4.78, 5) is 15.4. The van der Waals surface area contributed by atoms with E-state index < -0.39 is 0 Å². The van der Waals surface area contributed by atoms with Crippen LogP contribution in [0.15, 0.2) is 41.8 Å². The Bertz CT molecular complexity index is 666. The van der Waals surface area contributed by atoms with E-state index in [9.17, 15) is 4.79 Å². The van der Waals surface area contributed by atoms with Crippen LogP contribution >= 0.6 is 11.3 Å². The van der Waals surface area contributed by atoms with E-state index in [1.54, 1.807) is 11.3 Å². The Morgan fingerprint density at radius 3 is 2.71 bits per heavy atom. The van der Waals surface area contributed by atoms with E-state index in [2.05, 4.69) is 29.8 Å². The Hall–Kier alpha value is -1.69. The molecule has 0 aliphatic carbocycles. The number of morpholine rings is 1. The van der Waals surface area contributed by atoms with Crippen molar-refractivity contribution in [2.75, 3.05) is 26.3 Å². The number of quaternary nitrogens is 1. The maximum atomic E-state index is 12.6. The molecular formula is C19H25N2O2S+. The van der Waals surface area contributed by atoms with Crippen molar-refractivity contribution >= 4 is 17.2 Å². The van der Waals surface area contributed by atoms with Gasteiger partial charge in [0.1, 0.15) is 19.1 Å².